The second kappa shape index (κ2) is 8.06. The summed E-state index contributed by atoms with van der Waals surface area (Å²) < 4.78 is 8.09. The van der Waals surface area contributed by atoms with Gasteiger partial charge in [-0.05, 0) is 48.7 Å². The van der Waals surface area contributed by atoms with E-state index in [1.807, 2.05) is 37.3 Å². The van der Waals surface area contributed by atoms with Gasteiger partial charge in [-0.15, -0.1) is 0 Å². The molecule has 31 heavy (non-hydrogen) atoms. The van der Waals surface area contributed by atoms with Crippen LogP contribution in [-0.4, -0.2) is 33.5 Å². The van der Waals surface area contributed by atoms with Crippen LogP contribution in [0.25, 0.3) is 16.7 Å². The molecular formula is C23H23N5O3. The van der Waals surface area contributed by atoms with E-state index in [-0.39, 0.29) is 16.6 Å². The summed E-state index contributed by atoms with van der Waals surface area (Å²) in [7, 11) is 3.25. The summed E-state index contributed by atoms with van der Waals surface area (Å²) in [5.41, 5.74) is 2.68. The summed E-state index contributed by atoms with van der Waals surface area (Å²) in [5, 5.41) is 11.6. The molecule has 0 spiro atoms. The number of rotatable bonds is 5. The Kier molecular flexibility index (Phi) is 5.29. The Balaban J connectivity index is 1.65. The standard InChI is InChI=1S/C23H23N5O3/c1-14-5-4-12-28-20(14)26-21-18(23(28)30)13-17(19(24)27(21)2)22(29)25-11-10-15-6-8-16(31-3)9-7-15/h4-9,12-13,24H,10-11H2,1-3H3,(H,25,29). The lowest BCUT2D eigenvalue weighted by molar-refractivity contribution is 0.0952. The molecule has 0 radical (unpaired) electrons. The third-order valence-electron chi connectivity index (χ3n) is 5.36. The highest BCUT2D eigenvalue weighted by Crippen LogP contribution is 2.13. The Morgan fingerprint density at radius 2 is 1.94 bits per heavy atom. The van der Waals surface area contributed by atoms with Gasteiger partial charge in [0, 0.05) is 19.8 Å². The molecule has 0 unspecified atom stereocenters. The Morgan fingerprint density at radius 3 is 2.65 bits per heavy atom. The van der Waals surface area contributed by atoms with Crippen molar-refractivity contribution in [3.05, 3.63) is 81.2 Å². The number of hydrogen-bond donors (Lipinski definition) is 2. The van der Waals surface area contributed by atoms with E-state index in [2.05, 4.69) is 10.3 Å². The van der Waals surface area contributed by atoms with E-state index < -0.39 is 5.91 Å². The first kappa shape index (κ1) is 20.3. The van der Waals surface area contributed by atoms with E-state index in [0.29, 0.717) is 29.6 Å². The zero-order valence-electron chi connectivity index (χ0n) is 17.6. The highest BCUT2D eigenvalue weighted by molar-refractivity contribution is 5.96. The number of nitrogens with zero attached hydrogens (tertiary/aromatic N) is 3. The van der Waals surface area contributed by atoms with Gasteiger partial charge in [0.2, 0.25) is 0 Å². The molecule has 0 saturated carbocycles. The minimum absolute atomic E-state index is 0.000665. The van der Waals surface area contributed by atoms with Crippen molar-refractivity contribution in [1.29, 1.82) is 5.41 Å². The third-order valence-corrected chi connectivity index (χ3v) is 5.36. The Morgan fingerprint density at radius 1 is 1.19 bits per heavy atom. The van der Waals surface area contributed by atoms with E-state index in [0.717, 1.165) is 16.9 Å². The van der Waals surface area contributed by atoms with Gasteiger partial charge in [0.05, 0.1) is 18.1 Å². The van der Waals surface area contributed by atoms with Crippen LogP contribution in [-0.2, 0) is 13.5 Å². The van der Waals surface area contributed by atoms with Crippen LogP contribution in [0.5, 0.6) is 5.75 Å². The third kappa shape index (κ3) is 3.68. The van der Waals surface area contributed by atoms with Crippen LogP contribution in [0, 0.1) is 12.3 Å². The van der Waals surface area contributed by atoms with Gasteiger partial charge in [-0.25, -0.2) is 4.98 Å². The SMILES string of the molecule is COc1ccc(CCNC(=O)c2cc3c(=O)n4cccc(C)c4nc3n(C)c2=N)cc1. The number of aryl methyl sites for hydroxylation is 2. The normalized spacial score (nSPS) is 11.1. The van der Waals surface area contributed by atoms with Crippen LogP contribution in [0.15, 0.2) is 53.5 Å². The number of carbonyl (C=O) groups is 1. The molecule has 1 aromatic carbocycles. The smallest absolute Gasteiger partial charge is 0.267 e. The molecule has 0 bridgehead atoms. The number of ether oxygens (including phenoxy) is 1. The first-order chi connectivity index (χ1) is 14.9. The zero-order valence-corrected chi connectivity index (χ0v) is 17.6. The van der Waals surface area contributed by atoms with E-state index in [9.17, 15) is 9.59 Å². The van der Waals surface area contributed by atoms with Crippen molar-refractivity contribution in [2.24, 2.45) is 7.05 Å². The predicted molar refractivity (Wildman–Crippen MR) is 118 cm³/mol. The van der Waals surface area contributed by atoms with Gasteiger partial charge >= 0.3 is 0 Å². The van der Waals surface area contributed by atoms with Crippen LogP contribution in [0.1, 0.15) is 21.5 Å². The fraction of sp³-hybridized carbons (Fsp3) is 0.217. The summed E-state index contributed by atoms with van der Waals surface area (Å²) in [6.45, 7) is 2.28. The number of amides is 1. The van der Waals surface area contributed by atoms with Crippen molar-refractivity contribution in [3.8, 4) is 5.75 Å². The van der Waals surface area contributed by atoms with Crippen LogP contribution in [0.4, 0.5) is 0 Å². The molecule has 8 nitrogen and oxygen atoms in total. The van der Waals surface area contributed by atoms with Crippen molar-refractivity contribution < 1.29 is 9.53 Å². The highest BCUT2D eigenvalue weighted by atomic mass is 16.5. The van der Waals surface area contributed by atoms with E-state index >= 15 is 0 Å². The second-order valence-electron chi connectivity index (χ2n) is 7.36. The first-order valence-electron chi connectivity index (χ1n) is 9.88. The minimum Gasteiger partial charge on any atom is -0.497 e. The number of benzene rings is 1. The largest absolute Gasteiger partial charge is 0.497 e. The molecule has 2 N–H and O–H groups in total. The number of pyridine rings is 2. The second-order valence-corrected chi connectivity index (χ2v) is 7.36. The molecule has 4 rings (SSSR count). The summed E-state index contributed by atoms with van der Waals surface area (Å²) >= 11 is 0. The van der Waals surface area contributed by atoms with Gasteiger partial charge < -0.3 is 14.6 Å². The summed E-state index contributed by atoms with van der Waals surface area (Å²) in [5.74, 6) is 0.377. The van der Waals surface area contributed by atoms with E-state index in [1.165, 1.54) is 15.0 Å². The van der Waals surface area contributed by atoms with Crippen molar-refractivity contribution in [2.45, 2.75) is 13.3 Å². The zero-order chi connectivity index (χ0) is 22.1. The van der Waals surface area contributed by atoms with Crippen molar-refractivity contribution >= 4 is 22.6 Å². The highest BCUT2D eigenvalue weighted by Gasteiger charge is 2.16. The molecule has 3 heterocycles. The lowest BCUT2D eigenvalue weighted by Gasteiger charge is -2.12. The molecule has 0 aliphatic heterocycles. The van der Waals surface area contributed by atoms with Crippen LogP contribution in [0.3, 0.4) is 0 Å². The molecule has 0 saturated heterocycles. The maximum Gasteiger partial charge on any atom is 0.267 e. The molecule has 0 fully saturated rings. The van der Waals surface area contributed by atoms with Crippen LogP contribution in [0.2, 0.25) is 0 Å². The number of aromatic nitrogens is 3. The first-order valence-corrected chi connectivity index (χ1v) is 9.88. The van der Waals surface area contributed by atoms with Gasteiger partial charge in [-0.3, -0.25) is 19.4 Å². The lowest BCUT2D eigenvalue weighted by Crippen LogP contribution is -2.34. The van der Waals surface area contributed by atoms with Gasteiger partial charge in [-0.2, -0.15) is 0 Å². The lowest BCUT2D eigenvalue weighted by atomic mass is 10.1. The van der Waals surface area contributed by atoms with Crippen LogP contribution >= 0.6 is 0 Å². The maximum atomic E-state index is 13.0. The van der Waals surface area contributed by atoms with Crippen molar-refractivity contribution in [2.75, 3.05) is 13.7 Å². The predicted octanol–water partition coefficient (Wildman–Crippen LogP) is 1.96. The molecule has 0 aliphatic rings. The molecule has 4 aromatic rings. The fourth-order valence-electron chi connectivity index (χ4n) is 3.56. The average Bonchev–Trinajstić information content (AvgIpc) is 2.77. The Labute approximate surface area is 178 Å². The average molecular weight is 417 g/mol. The maximum absolute atomic E-state index is 13.0. The molecule has 8 heteroatoms. The summed E-state index contributed by atoms with van der Waals surface area (Å²) in [6.07, 6.45) is 2.29. The Bertz CT molecular complexity index is 1420. The molecule has 0 aliphatic carbocycles. The quantitative estimate of drug-likeness (QED) is 0.485. The Hall–Kier alpha value is -3.94. The van der Waals surface area contributed by atoms with Crippen molar-refractivity contribution in [1.82, 2.24) is 19.3 Å². The number of methoxy groups -OCH3 is 1. The van der Waals surface area contributed by atoms with E-state index in [1.54, 1.807) is 26.4 Å². The fourth-order valence-corrected chi connectivity index (χ4v) is 3.56. The molecule has 1 amide bonds. The number of nitrogens with one attached hydrogen (secondary N) is 2. The molecular weight excluding hydrogens is 394 g/mol. The molecule has 3 aromatic heterocycles. The number of hydrogen-bond acceptors (Lipinski definition) is 5. The van der Waals surface area contributed by atoms with Gasteiger partial charge in [0.25, 0.3) is 11.5 Å². The van der Waals surface area contributed by atoms with Crippen LogP contribution < -0.4 is 21.1 Å². The number of carbonyl (C=O) groups excluding carboxylic acids is 1. The summed E-state index contributed by atoms with van der Waals surface area (Å²) in [6, 6.07) is 12.7. The topological polar surface area (TPSA) is 101 Å². The van der Waals surface area contributed by atoms with Crippen molar-refractivity contribution in [3.63, 3.8) is 0 Å². The monoisotopic (exact) mass is 417 g/mol. The number of fused-ring (bicyclic) bond motifs is 2. The van der Waals surface area contributed by atoms with E-state index in [4.69, 9.17) is 10.1 Å². The molecule has 158 valence electrons. The van der Waals surface area contributed by atoms with Gasteiger partial charge in [0.15, 0.2) is 0 Å². The van der Waals surface area contributed by atoms with Gasteiger partial charge in [-0.1, -0.05) is 18.2 Å². The van der Waals surface area contributed by atoms with Gasteiger partial charge in [0.1, 0.15) is 22.5 Å². The molecule has 0 atom stereocenters. The summed E-state index contributed by atoms with van der Waals surface area (Å²) in [4.78, 5) is 30.4. The minimum atomic E-state index is -0.398.